The summed E-state index contributed by atoms with van der Waals surface area (Å²) in [5.41, 5.74) is 0.705. The summed E-state index contributed by atoms with van der Waals surface area (Å²) in [6.07, 6.45) is 3.64. The van der Waals surface area contributed by atoms with Gasteiger partial charge in [0.25, 0.3) is 5.91 Å². The van der Waals surface area contributed by atoms with Crippen molar-refractivity contribution in [3.63, 3.8) is 0 Å². The molecular weight excluding hydrogens is 316 g/mol. The van der Waals surface area contributed by atoms with E-state index in [0.717, 1.165) is 24.7 Å². The van der Waals surface area contributed by atoms with Crippen LogP contribution in [-0.4, -0.2) is 58.5 Å². The summed E-state index contributed by atoms with van der Waals surface area (Å²) in [7, 11) is 6.08. The summed E-state index contributed by atoms with van der Waals surface area (Å²) in [4.78, 5) is 21.1. The van der Waals surface area contributed by atoms with Crippen molar-refractivity contribution in [3.05, 3.63) is 48.0 Å². The van der Waals surface area contributed by atoms with Gasteiger partial charge < -0.3 is 19.1 Å². The van der Waals surface area contributed by atoms with Crippen molar-refractivity contribution in [2.75, 3.05) is 27.2 Å². The van der Waals surface area contributed by atoms with Crippen LogP contribution in [0.5, 0.6) is 5.75 Å². The Labute approximate surface area is 149 Å². The van der Waals surface area contributed by atoms with E-state index >= 15 is 0 Å². The fourth-order valence-electron chi connectivity index (χ4n) is 3.35. The summed E-state index contributed by atoms with van der Waals surface area (Å²) in [6, 6.07) is 7.79. The number of benzene rings is 1. The molecule has 1 aromatic heterocycles. The Morgan fingerprint density at radius 1 is 1.28 bits per heavy atom. The Balaban J connectivity index is 1.60. The number of carbonyl (C=O) groups excluding carboxylic acids is 1. The lowest BCUT2D eigenvalue weighted by molar-refractivity contribution is 0.0781. The second-order valence-corrected chi connectivity index (χ2v) is 6.99. The molecule has 2 heterocycles. The zero-order valence-corrected chi connectivity index (χ0v) is 15.3. The molecule has 0 radical (unpaired) electrons. The third-order valence-electron chi connectivity index (χ3n) is 4.91. The first-order valence-electron chi connectivity index (χ1n) is 8.60. The molecule has 1 amide bonds. The quantitative estimate of drug-likeness (QED) is 0.834. The number of hydrogen-bond acceptors (Lipinski definition) is 4. The zero-order valence-electron chi connectivity index (χ0n) is 15.3. The van der Waals surface area contributed by atoms with Gasteiger partial charge in [-0.15, -0.1) is 0 Å². The molecule has 3 rings (SSSR count). The van der Waals surface area contributed by atoms with E-state index < -0.39 is 0 Å². The highest BCUT2D eigenvalue weighted by atomic mass is 16.5. The fraction of sp³-hybridized carbons (Fsp3) is 0.474. The monoisotopic (exact) mass is 342 g/mol. The van der Waals surface area contributed by atoms with E-state index in [-0.39, 0.29) is 5.91 Å². The van der Waals surface area contributed by atoms with E-state index in [4.69, 9.17) is 4.74 Å². The molecule has 2 atom stereocenters. The molecule has 0 saturated carbocycles. The van der Waals surface area contributed by atoms with Gasteiger partial charge >= 0.3 is 0 Å². The lowest BCUT2D eigenvalue weighted by Gasteiger charge is -2.22. The van der Waals surface area contributed by atoms with Crippen molar-refractivity contribution in [1.82, 2.24) is 19.4 Å². The van der Waals surface area contributed by atoms with Gasteiger partial charge in [-0.3, -0.25) is 4.79 Å². The maximum Gasteiger partial charge on any atom is 0.253 e. The predicted molar refractivity (Wildman–Crippen MR) is 96.5 cm³/mol. The average molecular weight is 342 g/mol. The van der Waals surface area contributed by atoms with Gasteiger partial charge in [0.05, 0.1) is 0 Å². The molecular formula is C19H26N4O2. The second-order valence-electron chi connectivity index (χ2n) is 6.99. The number of imidazole rings is 1. The van der Waals surface area contributed by atoms with Gasteiger partial charge in [-0.05, 0) is 44.3 Å². The molecule has 134 valence electrons. The molecule has 0 spiro atoms. The van der Waals surface area contributed by atoms with Gasteiger partial charge in [0.15, 0.2) is 0 Å². The van der Waals surface area contributed by atoms with Gasteiger partial charge in [0.1, 0.15) is 18.2 Å². The van der Waals surface area contributed by atoms with Crippen LogP contribution in [0.15, 0.2) is 36.7 Å². The van der Waals surface area contributed by atoms with Gasteiger partial charge in [-0.1, -0.05) is 6.92 Å². The second kappa shape index (κ2) is 7.27. The normalized spacial score (nSPS) is 20.3. The number of amides is 1. The van der Waals surface area contributed by atoms with E-state index in [2.05, 4.69) is 30.9 Å². The molecule has 0 unspecified atom stereocenters. The summed E-state index contributed by atoms with van der Waals surface area (Å²) >= 11 is 0. The number of rotatable bonds is 5. The molecule has 1 fully saturated rings. The summed E-state index contributed by atoms with van der Waals surface area (Å²) < 4.78 is 7.67. The van der Waals surface area contributed by atoms with Crippen molar-refractivity contribution in [2.45, 2.75) is 19.6 Å². The number of likely N-dealkylation sites (N-methyl/N-ethyl adjacent to an activating group) is 1. The molecule has 0 bridgehead atoms. The van der Waals surface area contributed by atoms with E-state index in [1.165, 1.54) is 0 Å². The van der Waals surface area contributed by atoms with Crippen LogP contribution in [0, 0.1) is 5.92 Å². The fourth-order valence-corrected chi connectivity index (χ4v) is 3.35. The molecule has 2 aromatic rings. The number of ether oxygens (including phenoxy) is 1. The lowest BCUT2D eigenvalue weighted by Crippen LogP contribution is -2.35. The SMILES string of the molecule is C[C@@H]1CN(C(=O)c2ccc(OCc3nccn3C)cc2)C[C@@H]1N(C)C. The molecule has 0 aliphatic carbocycles. The van der Waals surface area contributed by atoms with Crippen LogP contribution in [-0.2, 0) is 13.7 Å². The largest absolute Gasteiger partial charge is 0.486 e. The molecule has 1 aliphatic heterocycles. The lowest BCUT2D eigenvalue weighted by atomic mass is 10.1. The molecule has 25 heavy (non-hydrogen) atoms. The third-order valence-corrected chi connectivity index (χ3v) is 4.91. The van der Waals surface area contributed by atoms with Crippen molar-refractivity contribution in [3.8, 4) is 5.75 Å². The Morgan fingerprint density at radius 2 is 2.00 bits per heavy atom. The summed E-state index contributed by atoms with van der Waals surface area (Å²) in [6.45, 7) is 4.20. The molecule has 6 nitrogen and oxygen atoms in total. The van der Waals surface area contributed by atoms with Crippen LogP contribution in [0.4, 0.5) is 0 Å². The standard InChI is InChI=1S/C19H26N4O2/c1-14-11-23(12-17(14)21(2)3)19(24)15-5-7-16(8-6-15)25-13-18-20-9-10-22(18)4/h5-10,14,17H,11-13H2,1-4H3/t14-,17+/m1/s1. The van der Waals surface area contributed by atoms with Crippen molar-refractivity contribution < 1.29 is 9.53 Å². The molecule has 1 aliphatic rings. The van der Waals surface area contributed by atoms with Gasteiger partial charge in [0, 0.05) is 44.1 Å². The number of nitrogens with zero attached hydrogens (tertiary/aromatic N) is 4. The highest BCUT2D eigenvalue weighted by molar-refractivity contribution is 5.94. The summed E-state index contributed by atoms with van der Waals surface area (Å²) in [5, 5.41) is 0. The first-order valence-corrected chi connectivity index (χ1v) is 8.60. The smallest absolute Gasteiger partial charge is 0.253 e. The molecule has 0 N–H and O–H groups in total. The van der Waals surface area contributed by atoms with Crippen LogP contribution in [0.1, 0.15) is 23.1 Å². The van der Waals surface area contributed by atoms with Crippen LogP contribution < -0.4 is 4.74 Å². The number of aryl methyl sites for hydroxylation is 1. The van der Waals surface area contributed by atoms with Gasteiger partial charge in [-0.2, -0.15) is 0 Å². The van der Waals surface area contributed by atoms with Gasteiger partial charge in [-0.25, -0.2) is 4.98 Å². The topological polar surface area (TPSA) is 50.6 Å². The van der Waals surface area contributed by atoms with Crippen LogP contribution in [0.3, 0.4) is 0 Å². The Morgan fingerprint density at radius 3 is 2.56 bits per heavy atom. The highest BCUT2D eigenvalue weighted by Gasteiger charge is 2.33. The third kappa shape index (κ3) is 3.85. The van der Waals surface area contributed by atoms with Gasteiger partial charge in [0.2, 0.25) is 0 Å². The number of aromatic nitrogens is 2. The predicted octanol–water partition coefficient (Wildman–Crippen LogP) is 2.02. The van der Waals surface area contributed by atoms with E-state index in [1.54, 1.807) is 6.20 Å². The van der Waals surface area contributed by atoms with Crippen LogP contribution in [0.2, 0.25) is 0 Å². The maximum absolute atomic E-state index is 12.7. The first kappa shape index (κ1) is 17.5. The maximum atomic E-state index is 12.7. The van der Waals surface area contributed by atoms with Crippen molar-refractivity contribution in [2.24, 2.45) is 13.0 Å². The number of likely N-dealkylation sites (tertiary alicyclic amines) is 1. The van der Waals surface area contributed by atoms with E-state index in [0.29, 0.717) is 24.1 Å². The minimum Gasteiger partial charge on any atom is -0.486 e. The number of carbonyl (C=O) groups is 1. The van der Waals surface area contributed by atoms with Crippen LogP contribution >= 0.6 is 0 Å². The molecule has 6 heteroatoms. The van der Waals surface area contributed by atoms with Crippen molar-refractivity contribution >= 4 is 5.91 Å². The van der Waals surface area contributed by atoms with E-state index in [9.17, 15) is 4.79 Å². The minimum absolute atomic E-state index is 0.0897. The zero-order chi connectivity index (χ0) is 18.0. The first-order chi connectivity index (χ1) is 12.0. The Kier molecular flexibility index (Phi) is 5.08. The summed E-state index contributed by atoms with van der Waals surface area (Å²) in [5.74, 6) is 2.17. The Bertz CT molecular complexity index is 723. The number of hydrogen-bond donors (Lipinski definition) is 0. The molecule has 1 aromatic carbocycles. The molecule has 1 saturated heterocycles. The van der Waals surface area contributed by atoms with Crippen molar-refractivity contribution in [1.29, 1.82) is 0 Å². The van der Waals surface area contributed by atoms with Crippen LogP contribution in [0.25, 0.3) is 0 Å². The average Bonchev–Trinajstić information content (AvgIpc) is 3.18. The minimum atomic E-state index is 0.0897. The highest BCUT2D eigenvalue weighted by Crippen LogP contribution is 2.23. The Hall–Kier alpha value is -2.34. The van der Waals surface area contributed by atoms with E-state index in [1.807, 2.05) is 47.0 Å².